The predicted octanol–water partition coefficient (Wildman–Crippen LogP) is 16.3. The van der Waals surface area contributed by atoms with E-state index in [0.717, 1.165) is 49.1 Å². The number of fused-ring (bicyclic) bond motifs is 1. The Morgan fingerprint density at radius 2 is 0.627 bits per heavy atom. The molecule has 0 saturated heterocycles. The highest BCUT2D eigenvalue weighted by atomic mass is 15.1. The Morgan fingerprint density at radius 3 is 1.20 bits per heavy atom. The number of anilines is 3. The van der Waals surface area contributed by atoms with Crippen LogP contribution in [0.1, 0.15) is 23.3 Å². The molecule has 10 aromatic rings. The molecule has 1 heteroatoms. The van der Waals surface area contributed by atoms with Crippen molar-refractivity contribution in [3.63, 3.8) is 0 Å². The molecule has 0 aliphatic rings. The van der Waals surface area contributed by atoms with E-state index < -0.39 is 136 Å². The summed E-state index contributed by atoms with van der Waals surface area (Å²) in [5.74, 6) is 0. The molecule has 0 spiro atoms. The van der Waals surface area contributed by atoms with E-state index in [1.165, 1.54) is 0 Å². The summed E-state index contributed by atoms with van der Waals surface area (Å²) in [5, 5.41) is 2.18. The number of rotatable bonds is 9. The molecule has 0 radical (unpaired) electrons. The number of benzene rings is 10. The Bertz CT molecular complexity index is 3910. The molecule has 1 nitrogen and oxygen atoms in total. The smallest absolute Gasteiger partial charge is 0.0645 e. The maximum absolute atomic E-state index is 9.59. The van der Waals surface area contributed by atoms with Gasteiger partial charge in [-0.3, -0.25) is 0 Å². The van der Waals surface area contributed by atoms with Crippen molar-refractivity contribution < 1.29 is 23.3 Å². The average molecular weight is 769 g/mol. The lowest BCUT2D eigenvalue weighted by molar-refractivity contribution is 1.28. The van der Waals surface area contributed by atoms with Gasteiger partial charge < -0.3 is 4.90 Å². The van der Waals surface area contributed by atoms with E-state index in [-0.39, 0.29) is 11.3 Å². The van der Waals surface area contributed by atoms with Crippen LogP contribution in [0.15, 0.2) is 248 Å². The Hall–Kier alpha value is -7.74. The summed E-state index contributed by atoms with van der Waals surface area (Å²) in [6, 6.07) is 32.6. The van der Waals surface area contributed by atoms with Crippen molar-refractivity contribution in [2.75, 3.05) is 4.90 Å². The summed E-state index contributed by atoms with van der Waals surface area (Å²) < 4.78 is 154. The molecular weight excluding hydrogens is 711 g/mol. The maximum atomic E-state index is 9.59. The molecule has 0 atom stereocenters. The van der Waals surface area contributed by atoms with Gasteiger partial charge in [-0.25, -0.2) is 0 Å². The fraction of sp³-hybridized carbons (Fsp3) is 0. The van der Waals surface area contributed by atoms with Gasteiger partial charge in [0.05, 0.1) is 23.3 Å². The van der Waals surface area contributed by atoms with Gasteiger partial charge in [0.15, 0.2) is 0 Å². The second-order valence-corrected chi connectivity index (χ2v) is 13.7. The summed E-state index contributed by atoms with van der Waals surface area (Å²) >= 11 is 0. The van der Waals surface area contributed by atoms with Crippen LogP contribution in [-0.4, -0.2) is 0 Å². The standard InChI is InChI=1S/C58H41N/c1-3-11-42(12-4-1)45-21-23-46(24-22-45)47-27-33-56(34-28-47)59(57-35-29-48(30-36-57)52-18-9-17-51(39-52)43-13-5-2-6-14-43)58-37-31-49(32-38-58)53-19-10-20-54(40-53)55-26-25-44-15-7-8-16-50(44)41-55/h1-41H/i1D,3D,4D,11D,12D,21D,22D,23D,24D,27D,28D,29D,30D,33D,34D,35D,36D. The molecule has 10 aromatic carbocycles. The first-order valence-electron chi connectivity index (χ1n) is 27.4. The van der Waals surface area contributed by atoms with Gasteiger partial charge in [0.2, 0.25) is 0 Å². The third-order valence-electron chi connectivity index (χ3n) is 9.96. The van der Waals surface area contributed by atoms with Crippen molar-refractivity contribution >= 4 is 27.8 Å². The van der Waals surface area contributed by atoms with Gasteiger partial charge in [-0.15, -0.1) is 0 Å². The zero-order valence-electron chi connectivity index (χ0n) is 48.3. The van der Waals surface area contributed by atoms with Crippen LogP contribution in [0.2, 0.25) is 0 Å². The Kier molecular flexibility index (Phi) is 5.89. The maximum Gasteiger partial charge on any atom is 0.0645 e. The van der Waals surface area contributed by atoms with E-state index in [1.54, 1.807) is 42.5 Å². The second kappa shape index (κ2) is 16.0. The molecule has 0 aromatic heterocycles. The van der Waals surface area contributed by atoms with Gasteiger partial charge in [0.1, 0.15) is 0 Å². The topological polar surface area (TPSA) is 3.24 Å². The largest absolute Gasteiger partial charge is 0.311 e. The minimum atomic E-state index is -0.875. The monoisotopic (exact) mass is 768 g/mol. The number of hydrogen-bond acceptors (Lipinski definition) is 1. The van der Waals surface area contributed by atoms with E-state index in [9.17, 15) is 11.0 Å². The van der Waals surface area contributed by atoms with E-state index in [2.05, 4.69) is 12.1 Å². The summed E-state index contributed by atoms with van der Waals surface area (Å²) in [4.78, 5) is 1.13. The number of hydrogen-bond donors (Lipinski definition) is 0. The minimum absolute atomic E-state index is 0.0246. The van der Waals surface area contributed by atoms with Crippen LogP contribution in [0.5, 0.6) is 0 Å². The molecule has 0 N–H and O–H groups in total. The Morgan fingerprint density at radius 1 is 0.237 bits per heavy atom. The normalized spacial score (nSPS) is 15.1. The third-order valence-corrected chi connectivity index (χ3v) is 9.96. The van der Waals surface area contributed by atoms with Crippen LogP contribution in [0.3, 0.4) is 0 Å². The van der Waals surface area contributed by atoms with Crippen LogP contribution < -0.4 is 4.90 Å². The van der Waals surface area contributed by atoms with Gasteiger partial charge >= 0.3 is 0 Å². The van der Waals surface area contributed by atoms with E-state index in [0.29, 0.717) is 5.56 Å². The first kappa shape index (κ1) is 21.7. The Balaban J connectivity index is 1.16. The highest BCUT2D eigenvalue weighted by Crippen LogP contribution is 2.39. The molecule has 0 aliphatic heterocycles. The molecule has 59 heavy (non-hydrogen) atoms. The SMILES string of the molecule is [2H]c1c([2H])c([2H])c(-c2c([2H])c([2H])c(-c3c([2H])c([2H])c(N(c4ccc(-c5cccc(-c6ccc7ccccc7c6)c5)cc4)c4c([2H])c([2H])c(-c5cccc(-c6ccccc6)c5)c([2H])c4[2H])c([2H])c3[2H])c([2H])c2[2H])c([2H])c1[2H]. The van der Waals surface area contributed by atoms with Gasteiger partial charge in [0, 0.05) is 17.1 Å². The molecule has 0 amide bonds. The number of nitrogens with zero attached hydrogens (tertiary/aromatic N) is 1. The molecule has 0 heterocycles. The molecule has 10 rings (SSSR count). The average Bonchev–Trinajstić information content (AvgIpc) is 3.44. The van der Waals surface area contributed by atoms with Gasteiger partial charge in [-0.05, 0) is 132 Å². The molecular formula is C58H41N. The van der Waals surface area contributed by atoms with Crippen LogP contribution in [0.25, 0.3) is 77.5 Å². The Labute approximate surface area is 370 Å². The van der Waals surface area contributed by atoms with Crippen molar-refractivity contribution in [1.29, 1.82) is 0 Å². The van der Waals surface area contributed by atoms with Crippen LogP contribution in [0, 0.1) is 0 Å². The van der Waals surface area contributed by atoms with E-state index in [4.69, 9.17) is 12.3 Å². The zero-order valence-corrected chi connectivity index (χ0v) is 31.3. The van der Waals surface area contributed by atoms with Gasteiger partial charge in [-0.1, -0.05) is 194 Å². The minimum Gasteiger partial charge on any atom is -0.311 e. The fourth-order valence-corrected chi connectivity index (χ4v) is 6.95. The fourth-order valence-electron chi connectivity index (χ4n) is 6.95. The second-order valence-electron chi connectivity index (χ2n) is 13.7. The summed E-state index contributed by atoms with van der Waals surface area (Å²) in [5.41, 5.74) is 2.11. The first-order valence-corrected chi connectivity index (χ1v) is 18.9. The molecule has 0 unspecified atom stereocenters. The summed E-state index contributed by atoms with van der Waals surface area (Å²) in [6.07, 6.45) is 0. The molecule has 0 fully saturated rings. The van der Waals surface area contributed by atoms with Crippen LogP contribution >= 0.6 is 0 Å². The van der Waals surface area contributed by atoms with Gasteiger partial charge in [0.25, 0.3) is 0 Å². The van der Waals surface area contributed by atoms with Crippen molar-refractivity contribution in [3.8, 4) is 66.8 Å². The summed E-state index contributed by atoms with van der Waals surface area (Å²) in [6.45, 7) is 0. The molecule has 278 valence electrons. The third kappa shape index (κ3) is 7.58. The predicted molar refractivity (Wildman–Crippen MR) is 251 cm³/mol. The first-order chi connectivity index (χ1) is 36.3. The van der Waals surface area contributed by atoms with Crippen LogP contribution in [0.4, 0.5) is 17.1 Å². The highest BCUT2D eigenvalue weighted by molar-refractivity contribution is 5.88. The van der Waals surface area contributed by atoms with Crippen molar-refractivity contribution in [2.24, 2.45) is 0 Å². The molecule has 0 bridgehead atoms. The van der Waals surface area contributed by atoms with Crippen molar-refractivity contribution in [3.05, 3.63) is 248 Å². The lowest BCUT2D eigenvalue weighted by Gasteiger charge is -2.26. The van der Waals surface area contributed by atoms with Gasteiger partial charge in [-0.2, -0.15) is 0 Å². The highest BCUT2D eigenvalue weighted by Gasteiger charge is 2.15. The zero-order chi connectivity index (χ0) is 54.2. The van der Waals surface area contributed by atoms with Crippen LogP contribution in [-0.2, 0) is 0 Å². The lowest BCUT2D eigenvalue weighted by Crippen LogP contribution is -2.09. The quantitative estimate of drug-likeness (QED) is 0.141. The van der Waals surface area contributed by atoms with E-state index >= 15 is 0 Å². The van der Waals surface area contributed by atoms with E-state index in [1.807, 2.05) is 91.0 Å². The summed E-state index contributed by atoms with van der Waals surface area (Å²) in [7, 11) is 0. The molecule has 0 aliphatic carbocycles. The van der Waals surface area contributed by atoms with Crippen molar-refractivity contribution in [2.45, 2.75) is 0 Å². The molecule has 0 saturated carbocycles. The lowest BCUT2D eigenvalue weighted by atomic mass is 9.97. The van der Waals surface area contributed by atoms with Crippen molar-refractivity contribution in [1.82, 2.24) is 0 Å².